The van der Waals surface area contributed by atoms with Crippen LogP contribution in [-0.4, -0.2) is 77.6 Å². The Morgan fingerprint density at radius 3 is 2.65 bits per heavy atom. The van der Waals surface area contributed by atoms with Gasteiger partial charge in [0.15, 0.2) is 0 Å². The molecule has 0 bridgehead atoms. The van der Waals surface area contributed by atoms with E-state index >= 15 is 0 Å². The van der Waals surface area contributed by atoms with Crippen molar-refractivity contribution in [2.45, 2.75) is 31.5 Å². The molecule has 0 N–H and O–H groups in total. The van der Waals surface area contributed by atoms with E-state index in [1.54, 1.807) is 0 Å². The highest BCUT2D eigenvalue weighted by Crippen LogP contribution is 2.27. The van der Waals surface area contributed by atoms with Gasteiger partial charge in [-0.05, 0) is 18.9 Å². The van der Waals surface area contributed by atoms with Crippen molar-refractivity contribution in [3.63, 3.8) is 0 Å². The van der Waals surface area contributed by atoms with Crippen LogP contribution in [0.15, 0.2) is 12.3 Å². The summed E-state index contributed by atoms with van der Waals surface area (Å²) in [5.41, 5.74) is 1.13. The van der Waals surface area contributed by atoms with E-state index in [2.05, 4.69) is 10.00 Å². The van der Waals surface area contributed by atoms with Crippen molar-refractivity contribution in [1.82, 2.24) is 19.6 Å². The largest absolute Gasteiger partial charge is 0.381 e. The second kappa shape index (κ2) is 6.59. The summed E-state index contributed by atoms with van der Waals surface area (Å²) in [6.45, 7) is 5.90. The molecule has 0 spiro atoms. The molecule has 0 radical (unpaired) electrons. The van der Waals surface area contributed by atoms with Crippen molar-refractivity contribution in [3.05, 3.63) is 18.0 Å². The number of hydrogen-bond donors (Lipinski definition) is 0. The van der Waals surface area contributed by atoms with Gasteiger partial charge in [-0.1, -0.05) is 0 Å². The van der Waals surface area contributed by atoms with Gasteiger partial charge < -0.3 is 14.4 Å². The zero-order valence-corrected chi connectivity index (χ0v) is 13.4. The Bertz CT molecular complexity index is 549. The quantitative estimate of drug-likeness (QED) is 0.783. The molecular weight excluding hydrogens is 296 g/mol. The van der Waals surface area contributed by atoms with Crippen LogP contribution in [0.1, 0.15) is 24.6 Å². The van der Waals surface area contributed by atoms with Crippen LogP contribution in [0.25, 0.3) is 0 Å². The second-order valence-electron chi connectivity index (χ2n) is 6.49. The summed E-state index contributed by atoms with van der Waals surface area (Å²) >= 11 is 0. The number of carbonyl (C=O) groups is 1. The van der Waals surface area contributed by atoms with Crippen molar-refractivity contribution < 1.29 is 14.3 Å². The van der Waals surface area contributed by atoms with E-state index in [0.717, 1.165) is 44.8 Å². The van der Waals surface area contributed by atoms with Crippen molar-refractivity contribution in [3.8, 4) is 0 Å². The molecule has 3 aliphatic heterocycles. The summed E-state index contributed by atoms with van der Waals surface area (Å²) in [6.07, 6.45) is 3.90. The number of hydrogen-bond acceptors (Lipinski definition) is 5. The average molecular weight is 320 g/mol. The van der Waals surface area contributed by atoms with Gasteiger partial charge >= 0.3 is 0 Å². The fourth-order valence-electron chi connectivity index (χ4n) is 3.83. The monoisotopic (exact) mass is 320 g/mol. The molecule has 7 nitrogen and oxygen atoms in total. The maximum absolute atomic E-state index is 13.0. The van der Waals surface area contributed by atoms with E-state index < -0.39 is 0 Å². The highest BCUT2D eigenvalue weighted by Gasteiger charge is 2.36. The number of nitrogens with zero attached hydrogens (tertiary/aromatic N) is 4. The minimum atomic E-state index is -0.213. The average Bonchev–Trinajstić information content (AvgIpc) is 3.10. The first-order valence-corrected chi connectivity index (χ1v) is 8.53. The first-order valence-electron chi connectivity index (χ1n) is 8.53. The zero-order valence-electron chi connectivity index (χ0n) is 13.4. The summed E-state index contributed by atoms with van der Waals surface area (Å²) in [6, 6.07) is 2.33. The maximum atomic E-state index is 13.0. The van der Waals surface area contributed by atoms with Crippen LogP contribution in [0, 0.1) is 0 Å². The molecule has 0 aliphatic carbocycles. The van der Waals surface area contributed by atoms with E-state index in [1.165, 1.54) is 0 Å². The van der Waals surface area contributed by atoms with Crippen LogP contribution in [0.5, 0.6) is 0 Å². The van der Waals surface area contributed by atoms with Gasteiger partial charge in [-0.2, -0.15) is 5.10 Å². The number of carbonyl (C=O) groups excluding carboxylic acids is 1. The van der Waals surface area contributed by atoms with Gasteiger partial charge in [-0.25, -0.2) is 0 Å². The lowest BCUT2D eigenvalue weighted by molar-refractivity contribution is -0.141. The van der Waals surface area contributed by atoms with Crippen LogP contribution in [0.2, 0.25) is 0 Å². The number of ether oxygens (including phenoxy) is 2. The van der Waals surface area contributed by atoms with Crippen molar-refractivity contribution in [2.75, 3.05) is 46.1 Å². The highest BCUT2D eigenvalue weighted by atomic mass is 16.5. The summed E-state index contributed by atoms with van der Waals surface area (Å²) in [4.78, 5) is 17.4. The molecule has 7 heteroatoms. The van der Waals surface area contributed by atoms with Gasteiger partial charge in [0.25, 0.3) is 0 Å². The molecule has 2 fully saturated rings. The molecule has 1 atom stereocenters. The topological polar surface area (TPSA) is 59.8 Å². The van der Waals surface area contributed by atoms with Crippen LogP contribution in [-0.2, 0) is 20.8 Å². The summed E-state index contributed by atoms with van der Waals surface area (Å²) in [7, 11) is 0. The molecule has 0 aromatic carbocycles. The zero-order chi connectivity index (χ0) is 15.6. The van der Waals surface area contributed by atoms with E-state index in [4.69, 9.17) is 9.47 Å². The third kappa shape index (κ3) is 3.00. The lowest BCUT2D eigenvalue weighted by atomic mass is 10.0. The standard InChI is InChI=1S/C16H24N4O3/c21-16(18-5-9-23-10-6-18)15-12-19(13-2-7-22-8-3-13)11-14-1-4-17-20(14)15/h1,4,13,15H,2-3,5-12H2/t15-/m1/s1. The molecule has 0 saturated carbocycles. The second-order valence-corrected chi connectivity index (χ2v) is 6.49. The van der Waals surface area contributed by atoms with Crippen LogP contribution in [0.4, 0.5) is 0 Å². The molecule has 1 aromatic rings. The molecule has 0 unspecified atom stereocenters. The fourth-order valence-corrected chi connectivity index (χ4v) is 3.83. The molecule has 126 valence electrons. The molecule has 23 heavy (non-hydrogen) atoms. The minimum Gasteiger partial charge on any atom is -0.381 e. The Kier molecular flexibility index (Phi) is 4.33. The number of amides is 1. The summed E-state index contributed by atoms with van der Waals surface area (Å²) < 4.78 is 12.8. The van der Waals surface area contributed by atoms with Crippen LogP contribution in [0.3, 0.4) is 0 Å². The lowest BCUT2D eigenvalue weighted by Gasteiger charge is -2.41. The summed E-state index contributed by atoms with van der Waals surface area (Å²) in [5.74, 6) is 0.176. The van der Waals surface area contributed by atoms with Gasteiger partial charge in [0.1, 0.15) is 6.04 Å². The Labute approximate surface area is 136 Å². The van der Waals surface area contributed by atoms with E-state index in [1.807, 2.05) is 21.8 Å². The number of morpholine rings is 1. The van der Waals surface area contributed by atoms with Gasteiger partial charge in [0.05, 0.1) is 18.9 Å². The van der Waals surface area contributed by atoms with Crippen molar-refractivity contribution in [1.29, 1.82) is 0 Å². The minimum absolute atomic E-state index is 0.176. The van der Waals surface area contributed by atoms with Gasteiger partial charge in [-0.3, -0.25) is 14.4 Å². The Morgan fingerprint density at radius 1 is 1.13 bits per heavy atom. The third-order valence-electron chi connectivity index (χ3n) is 5.14. The summed E-state index contributed by atoms with van der Waals surface area (Å²) in [5, 5.41) is 4.42. The van der Waals surface area contributed by atoms with E-state index in [0.29, 0.717) is 32.3 Å². The molecular formula is C16H24N4O3. The molecule has 1 aromatic heterocycles. The SMILES string of the molecule is O=C([C@H]1CN(C2CCOCC2)Cc2ccnn21)N1CCOCC1. The molecule has 4 heterocycles. The highest BCUT2D eigenvalue weighted by molar-refractivity contribution is 5.81. The molecule has 3 aliphatic rings. The number of aromatic nitrogens is 2. The predicted molar refractivity (Wildman–Crippen MR) is 82.9 cm³/mol. The van der Waals surface area contributed by atoms with Gasteiger partial charge in [0.2, 0.25) is 5.91 Å². The lowest BCUT2D eigenvalue weighted by Crippen LogP contribution is -2.52. The number of fused-ring (bicyclic) bond motifs is 1. The fraction of sp³-hybridized carbons (Fsp3) is 0.750. The van der Waals surface area contributed by atoms with Gasteiger partial charge in [-0.15, -0.1) is 0 Å². The maximum Gasteiger partial charge on any atom is 0.248 e. The van der Waals surface area contributed by atoms with Crippen LogP contribution >= 0.6 is 0 Å². The number of rotatable bonds is 2. The smallest absolute Gasteiger partial charge is 0.248 e. The Morgan fingerprint density at radius 2 is 1.87 bits per heavy atom. The predicted octanol–water partition coefficient (Wildman–Crippen LogP) is 0.278. The Hall–Kier alpha value is -1.44. The normalized spacial score (nSPS) is 27.0. The van der Waals surface area contributed by atoms with E-state index in [-0.39, 0.29) is 11.9 Å². The Balaban J connectivity index is 1.54. The van der Waals surface area contributed by atoms with Gasteiger partial charge in [0, 0.05) is 51.6 Å². The third-order valence-corrected chi connectivity index (χ3v) is 5.14. The first-order chi connectivity index (χ1) is 11.3. The molecule has 4 rings (SSSR count). The first kappa shape index (κ1) is 15.1. The molecule has 1 amide bonds. The van der Waals surface area contributed by atoms with Crippen molar-refractivity contribution >= 4 is 5.91 Å². The molecule has 2 saturated heterocycles. The van der Waals surface area contributed by atoms with Crippen LogP contribution < -0.4 is 0 Å². The van der Waals surface area contributed by atoms with E-state index in [9.17, 15) is 4.79 Å². The van der Waals surface area contributed by atoms with Crippen molar-refractivity contribution in [2.24, 2.45) is 0 Å².